The van der Waals surface area contributed by atoms with Crippen molar-refractivity contribution in [2.24, 2.45) is 5.92 Å². The Morgan fingerprint density at radius 1 is 1.16 bits per heavy atom. The van der Waals surface area contributed by atoms with Crippen molar-refractivity contribution < 1.29 is 29.2 Å². The number of aliphatic carboxylic acids is 1. The van der Waals surface area contributed by atoms with Gasteiger partial charge in [-0.1, -0.05) is 52.9 Å². The number of nitrogens with one attached hydrogen (secondary N) is 1. The minimum absolute atomic E-state index is 0.134. The molecule has 0 unspecified atom stereocenters. The number of rotatable bonds is 7. The molecule has 37 heavy (non-hydrogen) atoms. The van der Waals surface area contributed by atoms with Gasteiger partial charge < -0.3 is 14.8 Å². The fourth-order valence-electron chi connectivity index (χ4n) is 4.57. The zero-order valence-corrected chi connectivity index (χ0v) is 20.8. The number of fused-ring (bicyclic) bond motifs is 2. The lowest BCUT2D eigenvalue weighted by Gasteiger charge is -2.30. The molecule has 3 aromatic rings. The fourth-order valence-corrected chi connectivity index (χ4v) is 7.10. The maximum absolute atomic E-state index is 13.4. The van der Waals surface area contributed by atoms with Gasteiger partial charge in [0.15, 0.2) is 0 Å². The standard InChI is InChI=1S/C24H19N3O8S2/c1-11-2-4-12(5-3-11)10-35-15-7-6-13(27(33)34)8-14(15)17-18-20(36-21-19(17)37-24(32)25-21)23(31)26(22(18)30)9-16(28)29/h2-8,17-18,20H,9-10H2,1H3,(H,25,32)(H,28,29)/t17-,18+,20-/m0/s1. The number of thioether (sulfide) groups is 1. The molecule has 1 aromatic heterocycles. The quantitative estimate of drug-likeness (QED) is 0.260. The molecular formula is C24H19N3O8S2. The van der Waals surface area contributed by atoms with E-state index in [1.807, 2.05) is 31.2 Å². The number of likely N-dealkylation sites (tertiary alicyclic amines) is 1. The van der Waals surface area contributed by atoms with E-state index in [4.69, 9.17) is 4.74 Å². The second-order valence-electron chi connectivity index (χ2n) is 8.66. The zero-order valence-electron chi connectivity index (χ0n) is 19.2. The van der Waals surface area contributed by atoms with Crippen LogP contribution in [0.4, 0.5) is 5.69 Å². The minimum Gasteiger partial charge on any atom is -0.489 e. The number of aromatic amines is 1. The molecule has 0 saturated carbocycles. The monoisotopic (exact) mass is 541 g/mol. The molecule has 1 fully saturated rings. The summed E-state index contributed by atoms with van der Waals surface area (Å²) >= 11 is 1.84. The Morgan fingerprint density at radius 2 is 1.89 bits per heavy atom. The van der Waals surface area contributed by atoms with Gasteiger partial charge >= 0.3 is 10.8 Å². The molecule has 0 bridgehead atoms. The number of benzene rings is 2. The number of H-pyrrole nitrogens is 1. The number of thiazole rings is 1. The van der Waals surface area contributed by atoms with Crippen LogP contribution in [-0.2, 0) is 21.0 Å². The summed E-state index contributed by atoms with van der Waals surface area (Å²) in [4.78, 5) is 64.5. The maximum atomic E-state index is 13.4. The van der Waals surface area contributed by atoms with Crippen LogP contribution in [0.3, 0.4) is 0 Å². The van der Waals surface area contributed by atoms with Crippen molar-refractivity contribution in [1.29, 1.82) is 0 Å². The molecule has 0 radical (unpaired) electrons. The predicted octanol–water partition coefficient (Wildman–Crippen LogP) is 2.91. The van der Waals surface area contributed by atoms with E-state index in [2.05, 4.69) is 4.98 Å². The van der Waals surface area contributed by atoms with Gasteiger partial charge in [-0.05, 0) is 18.6 Å². The van der Waals surface area contributed by atoms with E-state index in [1.165, 1.54) is 18.2 Å². The van der Waals surface area contributed by atoms with Gasteiger partial charge in [0.05, 0.1) is 15.9 Å². The van der Waals surface area contributed by atoms with Crippen LogP contribution in [0.25, 0.3) is 0 Å². The number of hydrogen-bond acceptors (Lipinski definition) is 9. The SMILES string of the molecule is Cc1ccc(COc2ccc([N+](=O)[O-])cc2[C@@H]2c3sc(=O)[nH]c3S[C@@H]3C(=O)N(CC(=O)O)C(=O)[C@H]23)cc1. The highest BCUT2D eigenvalue weighted by atomic mass is 32.2. The normalized spacial score (nSPS) is 20.5. The number of hydrogen-bond donors (Lipinski definition) is 2. The van der Waals surface area contributed by atoms with E-state index in [9.17, 15) is 34.4 Å². The van der Waals surface area contributed by atoms with Crippen LogP contribution >= 0.6 is 23.1 Å². The number of aromatic nitrogens is 1. The lowest BCUT2D eigenvalue weighted by atomic mass is 9.82. The second kappa shape index (κ2) is 9.48. The van der Waals surface area contributed by atoms with Crippen molar-refractivity contribution in [3.63, 3.8) is 0 Å². The average Bonchev–Trinajstić information content (AvgIpc) is 3.34. The molecule has 1 saturated heterocycles. The van der Waals surface area contributed by atoms with Gasteiger partial charge in [0.2, 0.25) is 11.8 Å². The van der Waals surface area contributed by atoms with Gasteiger partial charge in [-0.25, -0.2) is 0 Å². The largest absolute Gasteiger partial charge is 0.489 e. The molecule has 2 N–H and O–H groups in total. The lowest BCUT2D eigenvalue weighted by molar-refractivity contribution is -0.385. The van der Waals surface area contributed by atoms with E-state index >= 15 is 0 Å². The number of ether oxygens (including phenoxy) is 1. The lowest BCUT2D eigenvalue weighted by Crippen LogP contribution is -2.36. The number of carbonyl (C=O) groups is 3. The first kappa shape index (κ1) is 24.7. The van der Waals surface area contributed by atoms with Crippen LogP contribution in [0, 0.1) is 23.0 Å². The molecule has 2 aliphatic rings. The van der Waals surface area contributed by atoms with Gasteiger partial charge in [0.1, 0.15) is 24.2 Å². The molecule has 190 valence electrons. The van der Waals surface area contributed by atoms with E-state index in [-0.39, 0.29) is 23.6 Å². The van der Waals surface area contributed by atoms with Gasteiger partial charge in [0, 0.05) is 28.5 Å². The number of nitrogens with zero attached hydrogens (tertiary/aromatic N) is 2. The number of nitro groups is 1. The van der Waals surface area contributed by atoms with Crippen LogP contribution in [-0.4, -0.2) is 49.5 Å². The Kier molecular flexibility index (Phi) is 6.33. The topological polar surface area (TPSA) is 160 Å². The first-order chi connectivity index (χ1) is 17.6. The number of carbonyl (C=O) groups excluding carboxylic acids is 2. The minimum atomic E-state index is -1.34. The van der Waals surface area contributed by atoms with Crippen LogP contribution in [0.5, 0.6) is 5.75 Å². The van der Waals surface area contributed by atoms with E-state index in [0.717, 1.165) is 34.2 Å². The van der Waals surface area contributed by atoms with Gasteiger partial charge in [-0.2, -0.15) is 0 Å². The van der Waals surface area contributed by atoms with Crippen molar-refractivity contribution in [2.45, 2.75) is 29.7 Å². The Labute approximate surface area is 217 Å². The predicted molar refractivity (Wildman–Crippen MR) is 133 cm³/mol. The first-order valence-corrected chi connectivity index (χ1v) is 12.8. The number of carboxylic acid groups (broad SMARTS) is 1. The van der Waals surface area contributed by atoms with Crippen molar-refractivity contribution in [1.82, 2.24) is 9.88 Å². The van der Waals surface area contributed by atoms with Crippen LogP contribution in [0.2, 0.25) is 0 Å². The summed E-state index contributed by atoms with van der Waals surface area (Å²) in [5.41, 5.74) is 1.93. The summed E-state index contributed by atoms with van der Waals surface area (Å²) in [6.07, 6.45) is 0. The molecule has 2 amide bonds. The number of nitro benzene ring substituents is 1. The molecule has 13 heteroatoms. The Morgan fingerprint density at radius 3 is 2.57 bits per heavy atom. The highest BCUT2D eigenvalue weighted by Gasteiger charge is 2.56. The molecule has 3 heterocycles. The van der Waals surface area contributed by atoms with Gasteiger partial charge in [0.25, 0.3) is 5.69 Å². The first-order valence-electron chi connectivity index (χ1n) is 11.1. The van der Waals surface area contributed by atoms with E-state index in [0.29, 0.717) is 14.8 Å². The highest BCUT2D eigenvalue weighted by molar-refractivity contribution is 8.00. The average molecular weight is 542 g/mol. The van der Waals surface area contributed by atoms with Crippen LogP contribution < -0.4 is 9.61 Å². The summed E-state index contributed by atoms with van der Waals surface area (Å²) in [6.45, 7) is 1.28. The summed E-state index contributed by atoms with van der Waals surface area (Å²) in [7, 11) is 0. The molecule has 2 aliphatic heterocycles. The van der Waals surface area contributed by atoms with Gasteiger partial charge in [-0.3, -0.25) is 34.2 Å². The third kappa shape index (κ3) is 4.51. The summed E-state index contributed by atoms with van der Waals surface area (Å²) in [5.74, 6) is -4.49. The zero-order chi connectivity index (χ0) is 26.4. The molecule has 11 nitrogen and oxygen atoms in total. The number of amides is 2. The molecular weight excluding hydrogens is 522 g/mol. The summed E-state index contributed by atoms with van der Waals surface area (Å²) in [6, 6.07) is 11.6. The van der Waals surface area contributed by atoms with Crippen molar-refractivity contribution in [3.05, 3.63) is 83.8 Å². The third-order valence-electron chi connectivity index (χ3n) is 6.26. The molecule has 0 aliphatic carbocycles. The number of non-ortho nitro benzene ring substituents is 1. The fraction of sp³-hybridized carbons (Fsp3) is 0.250. The van der Waals surface area contributed by atoms with Crippen molar-refractivity contribution in [3.8, 4) is 5.75 Å². The molecule has 2 aromatic carbocycles. The number of imide groups is 1. The Bertz CT molecular complexity index is 1500. The third-order valence-corrected chi connectivity index (χ3v) is 8.66. The maximum Gasteiger partial charge on any atom is 0.323 e. The molecule has 3 atom stereocenters. The number of carboxylic acids is 1. The van der Waals surface area contributed by atoms with Crippen molar-refractivity contribution >= 4 is 46.6 Å². The van der Waals surface area contributed by atoms with E-state index < -0.39 is 51.2 Å². The molecule has 0 spiro atoms. The van der Waals surface area contributed by atoms with Crippen LogP contribution in [0.1, 0.15) is 27.5 Å². The van der Waals surface area contributed by atoms with E-state index in [1.54, 1.807) is 0 Å². The summed E-state index contributed by atoms with van der Waals surface area (Å²) < 4.78 is 6.06. The second-order valence-corrected chi connectivity index (χ2v) is 10.8. The summed E-state index contributed by atoms with van der Waals surface area (Å²) in [5, 5.41) is 20.2. The Balaban J connectivity index is 1.63. The molecule has 5 rings (SSSR count). The number of aryl methyl sites for hydroxylation is 1. The Hall–Kier alpha value is -3.97. The van der Waals surface area contributed by atoms with Crippen molar-refractivity contribution in [2.75, 3.05) is 6.54 Å². The smallest absolute Gasteiger partial charge is 0.323 e. The highest BCUT2D eigenvalue weighted by Crippen LogP contribution is 2.54. The van der Waals surface area contributed by atoms with Crippen LogP contribution in [0.15, 0.2) is 52.3 Å². The van der Waals surface area contributed by atoms with Gasteiger partial charge in [-0.15, -0.1) is 0 Å².